The molecule has 130 valence electrons. The van der Waals surface area contributed by atoms with E-state index >= 15 is 0 Å². The fourth-order valence-corrected chi connectivity index (χ4v) is 3.73. The van der Waals surface area contributed by atoms with Gasteiger partial charge in [0.25, 0.3) is 5.72 Å². The summed E-state index contributed by atoms with van der Waals surface area (Å²) in [5.74, 6) is -2.22. The number of amides is 1. The van der Waals surface area contributed by atoms with E-state index in [-0.39, 0.29) is 17.8 Å². The Kier molecular flexibility index (Phi) is 3.60. The molecule has 0 spiro atoms. The van der Waals surface area contributed by atoms with Crippen LogP contribution in [0.5, 0.6) is 0 Å². The van der Waals surface area contributed by atoms with Crippen LogP contribution in [0.1, 0.15) is 52.9 Å². The number of hydrogen-bond acceptors (Lipinski definition) is 3. The predicted octanol–water partition coefficient (Wildman–Crippen LogP) is 3.31. The van der Waals surface area contributed by atoms with Crippen molar-refractivity contribution >= 4 is 11.6 Å². The van der Waals surface area contributed by atoms with E-state index in [2.05, 4.69) is 5.10 Å². The van der Waals surface area contributed by atoms with Crippen LogP contribution in [-0.4, -0.2) is 33.6 Å². The highest BCUT2D eigenvalue weighted by Gasteiger charge is 2.69. The number of alkyl halides is 3. The third-order valence-corrected chi connectivity index (χ3v) is 5.49. The first kappa shape index (κ1) is 16.7. The van der Waals surface area contributed by atoms with E-state index in [1.165, 1.54) is 0 Å². The van der Waals surface area contributed by atoms with Gasteiger partial charge in [0.1, 0.15) is 0 Å². The summed E-state index contributed by atoms with van der Waals surface area (Å²) in [5, 5.41) is 14.9. The summed E-state index contributed by atoms with van der Waals surface area (Å²) < 4.78 is 41.1. The van der Waals surface area contributed by atoms with Crippen molar-refractivity contribution in [2.45, 2.75) is 64.8 Å². The van der Waals surface area contributed by atoms with Gasteiger partial charge in [-0.1, -0.05) is 20.8 Å². The molecule has 1 amide bonds. The number of aliphatic hydroxyl groups is 1. The number of hydrazone groups is 1. The van der Waals surface area contributed by atoms with Gasteiger partial charge in [-0.3, -0.25) is 4.79 Å². The SMILES string of the molecule is CC(C)(C)[C@@H]1CCC2=NN(C(=O)C3CC3)[C@](O)(C(F)(F)F)[C@@H]2C1. The number of carbonyl (C=O) groups excluding carboxylic acids is 1. The molecule has 1 N–H and O–H groups in total. The van der Waals surface area contributed by atoms with Crippen molar-refractivity contribution in [1.29, 1.82) is 0 Å². The maximum Gasteiger partial charge on any atom is 0.439 e. The summed E-state index contributed by atoms with van der Waals surface area (Å²) in [6.45, 7) is 5.98. The lowest BCUT2D eigenvalue weighted by molar-refractivity contribution is -0.318. The molecule has 2 saturated carbocycles. The second kappa shape index (κ2) is 4.94. The molecule has 7 heteroatoms. The normalized spacial score (nSPS) is 35.1. The maximum absolute atomic E-state index is 13.7. The predicted molar refractivity (Wildman–Crippen MR) is 78.3 cm³/mol. The first-order chi connectivity index (χ1) is 10.5. The van der Waals surface area contributed by atoms with Gasteiger partial charge in [-0.2, -0.15) is 23.3 Å². The minimum atomic E-state index is -4.92. The lowest BCUT2D eigenvalue weighted by atomic mass is 9.66. The average molecular weight is 332 g/mol. The number of carbonyl (C=O) groups is 1. The van der Waals surface area contributed by atoms with Gasteiger partial charge in [0.2, 0.25) is 5.91 Å². The summed E-state index contributed by atoms with van der Waals surface area (Å²) in [7, 11) is 0. The molecule has 0 bridgehead atoms. The molecule has 23 heavy (non-hydrogen) atoms. The topological polar surface area (TPSA) is 52.9 Å². The van der Waals surface area contributed by atoms with Crippen LogP contribution in [0.15, 0.2) is 5.10 Å². The van der Waals surface area contributed by atoms with E-state index in [0.29, 0.717) is 30.0 Å². The van der Waals surface area contributed by atoms with Crippen LogP contribution in [0.4, 0.5) is 13.2 Å². The molecular formula is C16H23F3N2O2. The summed E-state index contributed by atoms with van der Waals surface area (Å²) in [6, 6.07) is 0. The van der Waals surface area contributed by atoms with E-state index in [9.17, 15) is 23.1 Å². The Bertz CT molecular complexity index is 549. The fourth-order valence-electron chi connectivity index (χ4n) is 3.73. The maximum atomic E-state index is 13.7. The third-order valence-electron chi connectivity index (χ3n) is 5.49. The van der Waals surface area contributed by atoms with Gasteiger partial charge in [0, 0.05) is 11.6 Å². The van der Waals surface area contributed by atoms with E-state index in [0.717, 1.165) is 6.42 Å². The highest BCUT2D eigenvalue weighted by molar-refractivity contribution is 5.94. The van der Waals surface area contributed by atoms with Gasteiger partial charge in [-0.15, -0.1) is 0 Å². The van der Waals surface area contributed by atoms with Crippen LogP contribution >= 0.6 is 0 Å². The van der Waals surface area contributed by atoms with Gasteiger partial charge in [0.05, 0.1) is 5.92 Å². The molecule has 2 fully saturated rings. The van der Waals surface area contributed by atoms with Crippen molar-refractivity contribution in [3.8, 4) is 0 Å². The van der Waals surface area contributed by atoms with Gasteiger partial charge < -0.3 is 5.11 Å². The van der Waals surface area contributed by atoms with Crippen LogP contribution in [0, 0.1) is 23.2 Å². The van der Waals surface area contributed by atoms with Crippen molar-refractivity contribution in [2.24, 2.45) is 28.3 Å². The average Bonchev–Trinajstić information content (AvgIpc) is 3.21. The molecular weight excluding hydrogens is 309 g/mol. The third kappa shape index (κ3) is 2.57. The Hall–Kier alpha value is -1.11. The molecule has 4 nitrogen and oxygen atoms in total. The molecule has 3 aliphatic rings. The highest BCUT2D eigenvalue weighted by atomic mass is 19.4. The molecule has 0 aromatic rings. The molecule has 3 atom stereocenters. The van der Waals surface area contributed by atoms with Crippen molar-refractivity contribution in [2.75, 3.05) is 0 Å². The molecule has 0 unspecified atom stereocenters. The Morgan fingerprint density at radius 2 is 1.87 bits per heavy atom. The smallest absolute Gasteiger partial charge is 0.362 e. The first-order valence-corrected chi connectivity index (χ1v) is 8.16. The molecule has 1 heterocycles. The second-order valence-electron chi connectivity index (χ2n) is 8.13. The number of hydrogen-bond donors (Lipinski definition) is 1. The largest absolute Gasteiger partial charge is 0.439 e. The number of rotatable bonds is 1. The lowest BCUT2D eigenvalue weighted by Crippen LogP contribution is -2.62. The van der Waals surface area contributed by atoms with Crippen LogP contribution in [0.25, 0.3) is 0 Å². The molecule has 2 aliphatic carbocycles. The summed E-state index contributed by atoms with van der Waals surface area (Å²) in [4.78, 5) is 12.3. The molecule has 3 rings (SSSR count). The zero-order valence-corrected chi connectivity index (χ0v) is 13.7. The number of nitrogens with zero attached hydrogens (tertiary/aromatic N) is 2. The minimum absolute atomic E-state index is 0.0521. The zero-order valence-electron chi connectivity index (χ0n) is 13.7. The molecule has 1 aliphatic heterocycles. The van der Waals surface area contributed by atoms with Gasteiger partial charge in [0.15, 0.2) is 0 Å². The van der Waals surface area contributed by atoms with Gasteiger partial charge in [-0.05, 0) is 43.4 Å². The number of halogens is 3. The Morgan fingerprint density at radius 3 is 2.35 bits per heavy atom. The quantitative estimate of drug-likeness (QED) is 0.801. The Labute approximate surface area is 133 Å². The van der Waals surface area contributed by atoms with Crippen molar-refractivity contribution in [1.82, 2.24) is 5.01 Å². The highest BCUT2D eigenvalue weighted by Crippen LogP contribution is 2.52. The van der Waals surface area contributed by atoms with Gasteiger partial charge >= 0.3 is 6.18 Å². The zero-order chi connectivity index (χ0) is 17.2. The van der Waals surface area contributed by atoms with E-state index in [1.54, 1.807) is 0 Å². The van der Waals surface area contributed by atoms with Crippen molar-refractivity contribution < 1.29 is 23.1 Å². The summed E-state index contributed by atoms with van der Waals surface area (Å²) in [6.07, 6.45) is -2.44. The van der Waals surface area contributed by atoms with E-state index in [1.807, 2.05) is 20.8 Å². The van der Waals surface area contributed by atoms with Crippen LogP contribution in [-0.2, 0) is 4.79 Å². The van der Waals surface area contributed by atoms with Crippen molar-refractivity contribution in [3.05, 3.63) is 0 Å². The number of fused-ring (bicyclic) bond motifs is 1. The van der Waals surface area contributed by atoms with Gasteiger partial charge in [-0.25, -0.2) is 0 Å². The van der Waals surface area contributed by atoms with Crippen LogP contribution in [0.3, 0.4) is 0 Å². The molecule has 0 aromatic heterocycles. The molecule has 0 saturated heterocycles. The Morgan fingerprint density at radius 1 is 1.26 bits per heavy atom. The summed E-state index contributed by atoms with van der Waals surface area (Å²) >= 11 is 0. The van der Waals surface area contributed by atoms with Crippen LogP contribution < -0.4 is 0 Å². The lowest BCUT2D eigenvalue weighted by Gasteiger charge is -2.42. The molecule has 0 radical (unpaired) electrons. The van der Waals surface area contributed by atoms with E-state index in [4.69, 9.17) is 0 Å². The standard InChI is InChI=1S/C16H23F3N2O2/c1-14(2,3)10-6-7-12-11(8-10)15(23,16(17,18)19)21(20-12)13(22)9-4-5-9/h9-11,23H,4-8H2,1-3H3/t10-,11-,15-/m1/s1. The summed E-state index contributed by atoms with van der Waals surface area (Å²) in [5.41, 5.74) is -3.02. The Balaban J connectivity index is 1.96. The molecule has 0 aromatic carbocycles. The fraction of sp³-hybridized carbons (Fsp3) is 0.875. The van der Waals surface area contributed by atoms with Crippen molar-refractivity contribution in [3.63, 3.8) is 0 Å². The van der Waals surface area contributed by atoms with E-state index < -0.39 is 29.6 Å². The van der Waals surface area contributed by atoms with Crippen LogP contribution in [0.2, 0.25) is 0 Å². The first-order valence-electron chi connectivity index (χ1n) is 8.16. The monoisotopic (exact) mass is 332 g/mol. The second-order valence-corrected chi connectivity index (χ2v) is 8.13. The minimum Gasteiger partial charge on any atom is -0.362 e.